The molecule has 0 amide bonds. The SMILES string of the molecule is O=C([S])C(CF)CF. The zero-order valence-corrected chi connectivity index (χ0v) is 4.88. The van der Waals surface area contributed by atoms with Crippen molar-refractivity contribution in [3.63, 3.8) is 0 Å². The van der Waals surface area contributed by atoms with Gasteiger partial charge >= 0.3 is 0 Å². The predicted octanol–water partition coefficient (Wildman–Crippen LogP) is 1.27. The number of hydrogen-bond acceptors (Lipinski definition) is 1. The Morgan fingerprint density at radius 2 is 1.88 bits per heavy atom. The molecule has 4 heteroatoms. The topological polar surface area (TPSA) is 17.1 Å². The third kappa shape index (κ3) is 2.16. The summed E-state index contributed by atoms with van der Waals surface area (Å²) in [5.74, 6) is -1.20. The standard InChI is InChI=1S/C4H5F2OS/c5-1-3(2-6)4(7)8/h3H,1-2H2. The van der Waals surface area contributed by atoms with E-state index in [1.165, 1.54) is 0 Å². The molecule has 0 heterocycles. The van der Waals surface area contributed by atoms with Gasteiger partial charge in [-0.05, 0) is 12.6 Å². The molecule has 0 unspecified atom stereocenters. The summed E-state index contributed by atoms with van der Waals surface area (Å²) in [5.41, 5.74) is 0. The van der Waals surface area contributed by atoms with Gasteiger partial charge in [0.1, 0.15) is 13.3 Å². The summed E-state index contributed by atoms with van der Waals surface area (Å²) in [6, 6.07) is 0. The maximum absolute atomic E-state index is 11.4. The van der Waals surface area contributed by atoms with Crippen LogP contribution in [0.5, 0.6) is 0 Å². The van der Waals surface area contributed by atoms with Gasteiger partial charge in [0.15, 0.2) is 0 Å². The van der Waals surface area contributed by atoms with Gasteiger partial charge in [0, 0.05) is 0 Å². The van der Waals surface area contributed by atoms with Crippen LogP contribution in [0, 0.1) is 5.92 Å². The lowest BCUT2D eigenvalue weighted by Crippen LogP contribution is -2.12. The van der Waals surface area contributed by atoms with Gasteiger partial charge < -0.3 is 0 Å². The van der Waals surface area contributed by atoms with Crippen LogP contribution < -0.4 is 0 Å². The van der Waals surface area contributed by atoms with E-state index in [0.717, 1.165) is 0 Å². The van der Waals surface area contributed by atoms with Crippen molar-refractivity contribution in [2.75, 3.05) is 13.3 Å². The number of carbonyl (C=O) groups is 1. The quantitative estimate of drug-likeness (QED) is 0.575. The molecule has 0 spiro atoms. The van der Waals surface area contributed by atoms with Gasteiger partial charge in [0.05, 0.1) is 5.92 Å². The number of rotatable bonds is 3. The Hall–Kier alpha value is -0.250. The van der Waals surface area contributed by atoms with Crippen molar-refractivity contribution in [2.45, 2.75) is 0 Å². The van der Waals surface area contributed by atoms with Crippen molar-refractivity contribution < 1.29 is 13.6 Å². The lowest BCUT2D eigenvalue weighted by Gasteiger charge is -1.97. The largest absolute Gasteiger partial charge is 0.281 e. The fraction of sp³-hybridized carbons (Fsp3) is 0.750. The Kier molecular flexibility index (Phi) is 3.60. The molecule has 0 saturated carbocycles. The second-order valence-corrected chi connectivity index (χ2v) is 1.73. The highest BCUT2D eigenvalue weighted by Gasteiger charge is 2.14. The minimum atomic E-state index is -1.20. The van der Waals surface area contributed by atoms with Crippen LogP contribution >= 0.6 is 12.6 Å². The van der Waals surface area contributed by atoms with Crippen molar-refractivity contribution >= 4 is 17.7 Å². The number of carbonyl (C=O) groups excluding carboxylic acids is 1. The normalized spacial score (nSPS) is 9.88. The predicted molar refractivity (Wildman–Crippen MR) is 28.0 cm³/mol. The highest BCUT2D eigenvalue weighted by Crippen LogP contribution is 2.02. The molecule has 0 aromatic carbocycles. The van der Waals surface area contributed by atoms with Crippen molar-refractivity contribution in [1.29, 1.82) is 0 Å². The van der Waals surface area contributed by atoms with Crippen LogP contribution in [0.2, 0.25) is 0 Å². The van der Waals surface area contributed by atoms with Crippen molar-refractivity contribution in [1.82, 2.24) is 0 Å². The molecule has 0 aliphatic rings. The molecule has 0 saturated heterocycles. The zero-order valence-electron chi connectivity index (χ0n) is 4.06. The minimum Gasteiger partial charge on any atom is -0.281 e. The lowest BCUT2D eigenvalue weighted by molar-refractivity contribution is -0.115. The molecular formula is C4H5F2OS. The first-order valence-corrected chi connectivity index (χ1v) is 2.46. The second-order valence-electron chi connectivity index (χ2n) is 1.32. The Morgan fingerprint density at radius 3 is 1.88 bits per heavy atom. The van der Waals surface area contributed by atoms with Crippen LogP contribution in [0.25, 0.3) is 0 Å². The lowest BCUT2D eigenvalue weighted by atomic mass is 10.2. The average Bonchev–Trinajstić information content (AvgIpc) is 1.69. The Labute approximate surface area is 51.5 Å². The molecule has 0 aromatic heterocycles. The van der Waals surface area contributed by atoms with Crippen LogP contribution in [0.4, 0.5) is 8.78 Å². The highest BCUT2D eigenvalue weighted by atomic mass is 32.1. The number of hydrogen-bond donors (Lipinski definition) is 0. The fourth-order valence-corrected chi connectivity index (χ4v) is 0.293. The number of alkyl halides is 2. The molecule has 0 aliphatic heterocycles. The maximum atomic E-state index is 11.4. The summed E-state index contributed by atoms with van der Waals surface area (Å²) in [7, 11) is 0. The summed E-state index contributed by atoms with van der Waals surface area (Å²) < 4.78 is 22.8. The molecule has 1 nitrogen and oxygen atoms in total. The van der Waals surface area contributed by atoms with E-state index in [4.69, 9.17) is 0 Å². The summed E-state index contributed by atoms with van der Waals surface area (Å²) in [4.78, 5) is 9.94. The first-order chi connectivity index (χ1) is 3.72. The molecule has 0 N–H and O–H groups in total. The van der Waals surface area contributed by atoms with Gasteiger partial charge in [-0.2, -0.15) is 0 Å². The first-order valence-electron chi connectivity index (χ1n) is 2.05. The van der Waals surface area contributed by atoms with Gasteiger partial charge in [-0.25, -0.2) is 0 Å². The van der Waals surface area contributed by atoms with E-state index in [1.807, 2.05) is 0 Å². The third-order valence-electron chi connectivity index (χ3n) is 0.706. The fourth-order valence-electron chi connectivity index (χ4n) is 0.167. The van der Waals surface area contributed by atoms with Crippen molar-refractivity contribution in [3.05, 3.63) is 0 Å². The Balaban J connectivity index is 3.52. The molecule has 47 valence electrons. The zero-order chi connectivity index (χ0) is 6.57. The summed E-state index contributed by atoms with van der Waals surface area (Å²) in [5, 5.41) is -0.838. The van der Waals surface area contributed by atoms with Gasteiger partial charge in [-0.1, -0.05) is 0 Å². The summed E-state index contributed by atoms with van der Waals surface area (Å²) >= 11 is 3.98. The van der Waals surface area contributed by atoms with Gasteiger partial charge in [0.2, 0.25) is 5.12 Å². The Morgan fingerprint density at radius 1 is 1.50 bits per heavy atom. The van der Waals surface area contributed by atoms with Crippen LogP contribution in [0.15, 0.2) is 0 Å². The van der Waals surface area contributed by atoms with E-state index in [1.54, 1.807) is 0 Å². The molecular weight excluding hydrogens is 134 g/mol. The molecule has 1 radical (unpaired) electrons. The van der Waals surface area contributed by atoms with Crippen LogP contribution in [0.1, 0.15) is 0 Å². The average molecular weight is 139 g/mol. The van der Waals surface area contributed by atoms with Crippen LogP contribution in [0.3, 0.4) is 0 Å². The van der Waals surface area contributed by atoms with E-state index in [0.29, 0.717) is 0 Å². The highest BCUT2D eigenvalue weighted by molar-refractivity contribution is 7.96. The molecule has 0 atom stereocenters. The molecule has 0 bridgehead atoms. The van der Waals surface area contributed by atoms with Gasteiger partial charge in [-0.3, -0.25) is 13.6 Å². The van der Waals surface area contributed by atoms with E-state index >= 15 is 0 Å². The molecule has 8 heavy (non-hydrogen) atoms. The smallest absolute Gasteiger partial charge is 0.227 e. The summed E-state index contributed by atoms with van der Waals surface area (Å²) in [6.07, 6.45) is 0. The third-order valence-corrected chi connectivity index (χ3v) is 1.04. The maximum Gasteiger partial charge on any atom is 0.227 e. The van der Waals surface area contributed by atoms with Crippen molar-refractivity contribution in [2.24, 2.45) is 5.92 Å². The molecule has 0 aromatic rings. The molecule has 0 aliphatic carbocycles. The number of halogens is 2. The first kappa shape index (κ1) is 7.75. The van der Waals surface area contributed by atoms with E-state index in [2.05, 4.69) is 12.6 Å². The summed E-state index contributed by atoms with van der Waals surface area (Å²) in [6.45, 7) is -1.97. The Bertz CT molecular complexity index is 82.1. The minimum absolute atomic E-state index is 0.838. The van der Waals surface area contributed by atoms with Crippen LogP contribution in [-0.4, -0.2) is 18.5 Å². The van der Waals surface area contributed by atoms with E-state index < -0.39 is 24.4 Å². The van der Waals surface area contributed by atoms with Crippen molar-refractivity contribution in [3.8, 4) is 0 Å². The van der Waals surface area contributed by atoms with E-state index in [9.17, 15) is 13.6 Å². The molecule has 0 rings (SSSR count). The second kappa shape index (κ2) is 3.72. The van der Waals surface area contributed by atoms with Crippen LogP contribution in [-0.2, 0) is 4.79 Å². The monoisotopic (exact) mass is 139 g/mol. The van der Waals surface area contributed by atoms with Gasteiger partial charge in [0.25, 0.3) is 0 Å². The van der Waals surface area contributed by atoms with Gasteiger partial charge in [-0.15, -0.1) is 0 Å². The van der Waals surface area contributed by atoms with E-state index in [-0.39, 0.29) is 0 Å². The molecule has 0 fully saturated rings.